The smallest absolute Gasteiger partial charge is 0.231 e. The van der Waals surface area contributed by atoms with Crippen molar-refractivity contribution in [3.63, 3.8) is 0 Å². The Labute approximate surface area is 136 Å². The Kier molecular flexibility index (Phi) is 6.14. The maximum atomic E-state index is 12.2. The Hall–Kier alpha value is -1.67. The van der Waals surface area contributed by atoms with Crippen LogP contribution in [0.15, 0.2) is 29.2 Å². The molecule has 1 fully saturated rings. The SMILES string of the molecule is COc1ccc(SCC(=O)NC2(C#N)CCCCCC2)cc1. The van der Waals surface area contributed by atoms with E-state index in [1.165, 1.54) is 11.8 Å². The van der Waals surface area contributed by atoms with Crippen molar-refractivity contribution in [2.75, 3.05) is 12.9 Å². The summed E-state index contributed by atoms with van der Waals surface area (Å²) in [6, 6.07) is 9.96. The van der Waals surface area contributed by atoms with Crippen LogP contribution < -0.4 is 10.1 Å². The molecule has 0 radical (unpaired) electrons. The van der Waals surface area contributed by atoms with Crippen LogP contribution in [0.1, 0.15) is 38.5 Å². The largest absolute Gasteiger partial charge is 0.497 e. The Morgan fingerprint density at radius 2 is 1.91 bits per heavy atom. The molecule has 1 aliphatic rings. The van der Waals surface area contributed by atoms with E-state index in [1.807, 2.05) is 24.3 Å². The molecule has 1 aromatic carbocycles. The monoisotopic (exact) mass is 318 g/mol. The maximum absolute atomic E-state index is 12.2. The summed E-state index contributed by atoms with van der Waals surface area (Å²) < 4.78 is 5.11. The minimum absolute atomic E-state index is 0.0655. The summed E-state index contributed by atoms with van der Waals surface area (Å²) in [6.07, 6.45) is 5.86. The zero-order valence-corrected chi connectivity index (χ0v) is 13.7. The van der Waals surface area contributed by atoms with Crippen molar-refractivity contribution in [2.45, 2.75) is 49.0 Å². The molecule has 0 atom stereocenters. The number of methoxy groups -OCH3 is 1. The van der Waals surface area contributed by atoms with Crippen LogP contribution in [0.3, 0.4) is 0 Å². The highest BCUT2D eigenvalue weighted by Crippen LogP contribution is 2.27. The Balaban J connectivity index is 1.87. The fourth-order valence-corrected chi connectivity index (χ4v) is 3.42. The molecule has 0 bridgehead atoms. The van der Waals surface area contributed by atoms with Gasteiger partial charge in [-0.3, -0.25) is 4.79 Å². The van der Waals surface area contributed by atoms with E-state index in [0.717, 1.165) is 49.2 Å². The average molecular weight is 318 g/mol. The number of nitrogens with zero attached hydrogens (tertiary/aromatic N) is 1. The number of ether oxygens (including phenoxy) is 1. The summed E-state index contributed by atoms with van der Waals surface area (Å²) in [5, 5.41) is 12.4. The summed E-state index contributed by atoms with van der Waals surface area (Å²) in [5.41, 5.74) is -0.659. The van der Waals surface area contributed by atoms with Gasteiger partial charge in [0.1, 0.15) is 11.3 Å². The number of hydrogen-bond acceptors (Lipinski definition) is 4. The van der Waals surface area contributed by atoms with Gasteiger partial charge >= 0.3 is 0 Å². The highest BCUT2D eigenvalue weighted by Gasteiger charge is 2.32. The molecule has 0 aliphatic heterocycles. The lowest BCUT2D eigenvalue weighted by atomic mass is 9.92. The van der Waals surface area contributed by atoms with Crippen LogP contribution in [0.4, 0.5) is 0 Å². The number of rotatable bonds is 5. The molecule has 0 unspecified atom stereocenters. The molecule has 1 N–H and O–H groups in total. The predicted molar refractivity (Wildman–Crippen MR) is 87.9 cm³/mol. The molecule has 1 amide bonds. The molecule has 0 saturated heterocycles. The number of nitriles is 1. The zero-order valence-electron chi connectivity index (χ0n) is 12.9. The van der Waals surface area contributed by atoms with Crippen LogP contribution in [0.5, 0.6) is 5.75 Å². The molecular formula is C17H22N2O2S. The first-order valence-electron chi connectivity index (χ1n) is 7.66. The molecule has 0 heterocycles. The summed E-state index contributed by atoms with van der Waals surface area (Å²) in [4.78, 5) is 13.2. The van der Waals surface area contributed by atoms with E-state index < -0.39 is 5.54 Å². The first-order chi connectivity index (χ1) is 10.7. The number of thioether (sulfide) groups is 1. The Morgan fingerprint density at radius 1 is 1.27 bits per heavy atom. The molecule has 118 valence electrons. The van der Waals surface area contributed by atoms with Gasteiger partial charge in [0, 0.05) is 4.90 Å². The van der Waals surface area contributed by atoms with Crippen LogP contribution in [-0.4, -0.2) is 24.3 Å². The molecule has 2 rings (SSSR count). The molecule has 22 heavy (non-hydrogen) atoms. The molecule has 1 aromatic rings. The summed E-state index contributed by atoms with van der Waals surface area (Å²) >= 11 is 1.47. The van der Waals surface area contributed by atoms with E-state index in [-0.39, 0.29) is 5.91 Å². The predicted octanol–water partition coefficient (Wildman–Crippen LogP) is 3.52. The number of amides is 1. The molecule has 0 spiro atoms. The van der Waals surface area contributed by atoms with E-state index in [1.54, 1.807) is 7.11 Å². The van der Waals surface area contributed by atoms with E-state index in [9.17, 15) is 10.1 Å². The first kappa shape index (κ1) is 16.7. The van der Waals surface area contributed by atoms with Gasteiger partial charge in [0.05, 0.1) is 18.9 Å². The van der Waals surface area contributed by atoms with Crippen molar-refractivity contribution in [3.8, 4) is 11.8 Å². The van der Waals surface area contributed by atoms with Gasteiger partial charge in [0.15, 0.2) is 0 Å². The number of hydrogen-bond donors (Lipinski definition) is 1. The van der Waals surface area contributed by atoms with Crippen LogP contribution in [-0.2, 0) is 4.79 Å². The number of carbonyl (C=O) groups excluding carboxylic acids is 1. The second-order valence-electron chi connectivity index (χ2n) is 5.62. The number of benzene rings is 1. The molecular weight excluding hydrogens is 296 g/mol. The van der Waals surface area contributed by atoms with E-state index in [4.69, 9.17) is 4.74 Å². The number of carbonyl (C=O) groups is 1. The van der Waals surface area contributed by atoms with Gasteiger partial charge in [0.2, 0.25) is 5.91 Å². The fourth-order valence-electron chi connectivity index (χ4n) is 2.72. The quantitative estimate of drug-likeness (QED) is 0.666. The Bertz CT molecular complexity index is 529. The number of nitrogens with one attached hydrogen (secondary N) is 1. The van der Waals surface area contributed by atoms with Gasteiger partial charge in [-0.1, -0.05) is 25.7 Å². The lowest BCUT2D eigenvalue weighted by molar-refractivity contribution is -0.120. The van der Waals surface area contributed by atoms with Crippen LogP contribution in [0.25, 0.3) is 0 Å². The molecule has 1 aliphatic carbocycles. The van der Waals surface area contributed by atoms with Crippen molar-refractivity contribution in [2.24, 2.45) is 0 Å². The summed E-state index contributed by atoms with van der Waals surface area (Å²) in [5.74, 6) is 1.07. The third-order valence-corrected chi connectivity index (χ3v) is 4.99. The van der Waals surface area contributed by atoms with Crippen molar-refractivity contribution >= 4 is 17.7 Å². The van der Waals surface area contributed by atoms with E-state index in [2.05, 4.69) is 11.4 Å². The minimum Gasteiger partial charge on any atom is -0.497 e. The zero-order chi connectivity index (χ0) is 15.8. The lowest BCUT2D eigenvalue weighted by Gasteiger charge is -2.26. The highest BCUT2D eigenvalue weighted by atomic mass is 32.2. The van der Waals surface area contributed by atoms with Crippen LogP contribution in [0, 0.1) is 11.3 Å². The summed E-state index contributed by atoms with van der Waals surface area (Å²) in [6.45, 7) is 0. The van der Waals surface area contributed by atoms with Gasteiger partial charge < -0.3 is 10.1 Å². The second-order valence-corrected chi connectivity index (χ2v) is 6.67. The third-order valence-electron chi connectivity index (χ3n) is 3.98. The molecule has 4 nitrogen and oxygen atoms in total. The normalized spacial score (nSPS) is 17.1. The van der Waals surface area contributed by atoms with Gasteiger partial charge in [0.25, 0.3) is 0 Å². The third kappa shape index (κ3) is 4.67. The highest BCUT2D eigenvalue weighted by molar-refractivity contribution is 8.00. The second kappa shape index (κ2) is 8.09. The Morgan fingerprint density at radius 3 is 2.45 bits per heavy atom. The molecule has 1 saturated carbocycles. The van der Waals surface area contributed by atoms with Crippen LogP contribution in [0.2, 0.25) is 0 Å². The fraction of sp³-hybridized carbons (Fsp3) is 0.529. The van der Waals surface area contributed by atoms with Gasteiger partial charge in [-0.05, 0) is 37.1 Å². The van der Waals surface area contributed by atoms with Crippen molar-refractivity contribution in [1.29, 1.82) is 5.26 Å². The minimum atomic E-state index is -0.659. The maximum Gasteiger partial charge on any atom is 0.231 e. The molecule has 5 heteroatoms. The van der Waals surface area contributed by atoms with Gasteiger partial charge in [-0.15, -0.1) is 11.8 Å². The van der Waals surface area contributed by atoms with Gasteiger partial charge in [-0.2, -0.15) is 5.26 Å². The standard InChI is InChI=1S/C17H22N2O2S/c1-21-14-6-8-15(9-7-14)22-12-16(20)19-17(13-18)10-4-2-3-5-11-17/h6-9H,2-5,10-12H2,1H3,(H,19,20). The van der Waals surface area contributed by atoms with Crippen molar-refractivity contribution in [3.05, 3.63) is 24.3 Å². The van der Waals surface area contributed by atoms with Crippen molar-refractivity contribution < 1.29 is 9.53 Å². The average Bonchev–Trinajstić information content (AvgIpc) is 2.79. The topological polar surface area (TPSA) is 62.1 Å². The first-order valence-corrected chi connectivity index (χ1v) is 8.65. The van der Waals surface area contributed by atoms with E-state index in [0.29, 0.717) is 5.75 Å². The van der Waals surface area contributed by atoms with Gasteiger partial charge in [-0.25, -0.2) is 0 Å². The molecule has 0 aromatic heterocycles. The van der Waals surface area contributed by atoms with E-state index >= 15 is 0 Å². The lowest BCUT2D eigenvalue weighted by Crippen LogP contribution is -2.47. The summed E-state index contributed by atoms with van der Waals surface area (Å²) in [7, 11) is 1.63. The van der Waals surface area contributed by atoms with Crippen LogP contribution >= 0.6 is 11.8 Å². The van der Waals surface area contributed by atoms with Crippen molar-refractivity contribution in [1.82, 2.24) is 5.32 Å².